The highest BCUT2D eigenvalue weighted by Gasteiger charge is 2.14. The molecule has 7 heteroatoms. The van der Waals surface area contributed by atoms with E-state index < -0.39 is 5.82 Å². The number of hydrogen-bond donors (Lipinski definition) is 1. The second-order valence-electron chi connectivity index (χ2n) is 3.76. The third-order valence-electron chi connectivity index (χ3n) is 2.49. The highest BCUT2D eigenvalue weighted by Crippen LogP contribution is 2.32. The highest BCUT2D eigenvalue weighted by atomic mass is 35.5. The van der Waals surface area contributed by atoms with Gasteiger partial charge < -0.3 is 10.3 Å². The Hall–Kier alpha value is -1.92. The summed E-state index contributed by atoms with van der Waals surface area (Å²) in [4.78, 5) is 4.94. The first kappa shape index (κ1) is 12.1. The molecule has 2 aromatic heterocycles. The normalized spacial score (nSPS) is 10.8. The number of nitrogens with two attached hydrogens (primary N) is 1. The minimum atomic E-state index is -0.489. The molecule has 3 rings (SSSR count). The maximum atomic E-state index is 13.1. The van der Waals surface area contributed by atoms with Crippen LogP contribution in [0.2, 0.25) is 5.02 Å². The molecule has 0 unspecified atom stereocenters. The molecule has 0 spiro atoms. The van der Waals surface area contributed by atoms with E-state index in [-0.39, 0.29) is 5.02 Å². The van der Waals surface area contributed by atoms with Crippen LogP contribution in [0.4, 0.5) is 10.1 Å². The first-order valence-corrected chi connectivity index (χ1v) is 6.53. The molecule has 96 valence electrons. The monoisotopic (exact) mass is 295 g/mol. The van der Waals surface area contributed by atoms with Gasteiger partial charge in [0.2, 0.25) is 5.82 Å². The summed E-state index contributed by atoms with van der Waals surface area (Å²) >= 11 is 7.13. The largest absolute Gasteiger partial charge is 0.397 e. The molecule has 0 bridgehead atoms. The van der Waals surface area contributed by atoms with Crippen LogP contribution in [0.3, 0.4) is 0 Å². The van der Waals surface area contributed by atoms with Crippen molar-refractivity contribution in [2.45, 2.75) is 0 Å². The van der Waals surface area contributed by atoms with Crippen molar-refractivity contribution in [1.29, 1.82) is 0 Å². The van der Waals surface area contributed by atoms with E-state index in [4.69, 9.17) is 21.9 Å². The molecular formula is C12H7ClFN3OS. The lowest BCUT2D eigenvalue weighted by Crippen LogP contribution is -1.85. The van der Waals surface area contributed by atoms with Crippen molar-refractivity contribution in [3.05, 3.63) is 40.5 Å². The Morgan fingerprint density at radius 1 is 1.32 bits per heavy atom. The lowest BCUT2D eigenvalue weighted by molar-refractivity contribution is 0.433. The fraction of sp³-hybridized carbons (Fsp3) is 0. The number of nitrogens with zero attached hydrogens (tertiary/aromatic N) is 2. The third kappa shape index (κ3) is 2.20. The lowest BCUT2D eigenvalue weighted by Gasteiger charge is -1.96. The molecule has 0 amide bonds. The van der Waals surface area contributed by atoms with Crippen molar-refractivity contribution >= 4 is 28.6 Å². The van der Waals surface area contributed by atoms with Crippen LogP contribution in [-0.4, -0.2) is 10.1 Å². The summed E-state index contributed by atoms with van der Waals surface area (Å²) in [7, 11) is 0. The molecule has 0 saturated heterocycles. The summed E-state index contributed by atoms with van der Waals surface area (Å²) in [6.07, 6.45) is 0. The van der Waals surface area contributed by atoms with E-state index in [9.17, 15) is 4.39 Å². The van der Waals surface area contributed by atoms with Gasteiger partial charge in [0.05, 0.1) is 10.7 Å². The van der Waals surface area contributed by atoms with Crippen LogP contribution in [0.25, 0.3) is 22.2 Å². The molecule has 0 saturated carbocycles. The average molecular weight is 296 g/mol. The van der Waals surface area contributed by atoms with Gasteiger partial charge >= 0.3 is 0 Å². The van der Waals surface area contributed by atoms with Crippen molar-refractivity contribution in [3.8, 4) is 22.2 Å². The van der Waals surface area contributed by atoms with E-state index in [2.05, 4.69) is 10.1 Å². The van der Waals surface area contributed by atoms with Crippen molar-refractivity contribution in [1.82, 2.24) is 10.1 Å². The van der Waals surface area contributed by atoms with Gasteiger partial charge in [0.1, 0.15) is 10.7 Å². The quantitative estimate of drug-likeness (QED) is 0.780. The number of thiophene rings is 1. The van der Waals surface area contributed by atoms with Gasteiger partial charge in [0.25, 0.3) is 5.89 Å². The maximum Gasteiger partial charge on any atom is 0.270 e. The number of anilines is 1. The van der Waals surface area contributed by atoms with Gasteiger partial charge in [-0.2, -0.15) is 4.98 Å². The molecule has 0 atom stereocenters. The van der Waals surface area contributed by atoms with E-state index in [0.717, 1.165) is 0 Å². The molecule has 3 aromatic rings. The Kier molecular flexibility index (Phi) is 2.96. The van der Waals surface area contributed by atoms with Crippen LogP contribution in [0.1, 0.15) is 0 Å². The summed E-state index contributed by atoms with van der Waals surface area (Å²) < 4.78 is 18.2. The highest BCUT2D eigenvalue weighted by molar-refractivity contribution is 7.14. The van der Waals surface area contributed by atoms with E-state index in [0.29, 0.717) is 27.8 Å². The number of aromatic nitrogens is 2. The minimum Gasteiger partial charge on any atom is -0.397 e. The van der Waals surface area contributed by atoms with Crippen LogP contribution in [0.5, 0.6) is 0 Å². The van der Waals surface area contributed by atoms with Crippen LogP contribution < -0.4 is 5.73 Å². The number of benzene rings is 1. The van der Waals surface area contributed by atoms with Crippen molar-refractivity contribution in [2.24, 2.45) is 0 Å². The van der Waals surface area contributed by atoms with Gasteiger partial charge in [-0.25, -0.2) is 4.39 Å². The summed E-state index contributed by atoms with van der Waals surface area (Å²) in [5.74, 6) is 0.185. The minimum absolute atomic E-state index is 0.0134. The molecule has 19 heavy (non-hydrogen) atoms. The molecule has 2 N–H and O–H groups in total. The smallest absolute Gasteiger partial charge is 0.270 e. The Labute approximate surface area is 116 Å². The number of halogens is 2. The van der Waals surface area contributed by atoms with E-state index >= 15 is 0 Å². The molecule has 4 nitrogen and oxygen atoms in total. The Bertz CT molecular complexity index is 740. The van der Waals surface area contributed by atoms with Gasteiger partial charge in [-0.05, 0) is 29.6 Å². The molecule has 0 fully saturated rings. The Morgan fingerprint density at radius 3 is 2.84 bits per heavy atom. The van der Waals surface area contributed by atoms with Crippen molar-refractivity contribution in [3.63, 3.8) is 0 Å². The van der Waals surface area contributed by atoms with Gasteiger partial charge in [0, 0.05) is 5.56 Å². The third-order valence-corrected chi connectivity index (χ3v) is 3.70. The van der Waals surface area contributed by atoms with Crippen LogP contribution >= 0.6 is 22.9 Å². The van der Waals surface area contributed by atoms with Crippen LogP contribution in [0, 0.1) is 5.82 Å². The second kappa shape index (κ2) is 4.64. The summed E-state index contributed by atoms with van der Waals surface area (Å²) in [6, 6.07) is 6.00. The zero-order valence-corrected chi connectivity index (χ0v) is 11.0. The number of nitrogen functional groups attached to an aromatic ring is 1. The number of hydrogen-bond acceptors (Lipinski definition) is 5. The topological polar surface area (TPSA) is 64.9 Å². The van der Waals surface area contributed by atoms with E-state index in [1.165, 1.54) is 29.5 Å². The van der Waals surface area contributed by atoms with E-state index in [1.54, 1.807) is 6.07 Å². The fourth-order valence-electron chi connectivity index (χ4n) is 1.56. The average Bonchev–Trinajstić information content (AvgIpc) is 3.01. The Morgan fingerprint density at radius 2 is 2.16 bits per heavy atom. The molecule has 0 aliphatic rings. The first-order valence-electron chi connectivity index (χ1n) is 5.27. The first-order chi connectivity index (χ1) is 9.15. The zero-order valence-electron chi connectivity index (χ0n) is 9.43. The molecule has 0 radical (unpaired) electrons. The standard InChI is InChI=1S/C12H7ClFN3OS/c13-7-5-6(1-2-8(7)14)11-16-12(18-17-11)10-9(15)3-4-19-10/h1-5H,15H2. The van der Waals surface area contributed by atoms with Crippen molar-refractivity contribution in [2.75, 3.05) is 5.73 Å². The molecule has 0 aliphatic carbocycles. The molecular weight excluding hydrogens is 289 g/mol. The molecule has 0 aliphatic heterocycles. The fourth-order valence-corrected chi connectivity index (χ4v) is 2.48. The predicted molar refractivity (Wildman–Crippen MR) is 72.4 cm³/mol. The van der Waals surface area contributed by atoms with E-state index in [1.807, 2.05) is 5.38 Å². The van der Waals surface area contributed by atoms with Gasteiger partial charge in [-0.15, -0.1) is 11.3 Å². The molecule has 2 heterocycles. The van der Waals surface area contributed by atoms with Crippen molar-refractivity contribution < 1.29 is 8.91 Å². The molecule has 1 aromatic carbocycles. The Balaban J connectivity index is 2.01. The SMILES string of the molecule is Nc1ccsc1-c1nc(-c2ccc(F)c(Cl)c2)no1. The van der Waals surface area contributed by atoms with Gasteiger partial charge in [0.15, 0.2) is 0 Å². The zero-order chi connectivity index (χ0) is 13.4. The maximum absolute atomic E-state index is 13.1. The van der Waals surface area contributed by atoms with Crippen LogP contribution in [0.15, 0.2) is 34.2 Å². The van der Waals surface area contributed by atoms with Gasteiger partial charge in [-0.3, -0.25) is 0 Å². The predicted octanol–water partition coefficient (Wildman–Crippen LogP) is 3.84. The second-order valence-corrected chi connectivity index (χ2v) is 5.08. The summed E-state index contributed by atoms with van der Waals surface area (Å²) in [5.41, 5.74) is 6.94. The lowest BCUT2D eigenvalue weighted by atomic mass is 10.2. The van der Waals surface area contributed by atoms with Crippen LogP contribution in [-0.2, 0) is 0 Å². The number of rotatable bonds is 2. The summed E-state index contributed by atoms with van der Waals surface area (Å²) in [5, 5.41) is 5.69. The van der Waals surface area contributed by atoms with Gasteiger partial charge in [-0.1, -0.05) is 16.8 Å². The summed E-state index contributed by atoms with van der Waals surface area (Å²) in [6.45, 7) is 0.